The number of benzene rings is 2. The number of pyridine rings is 1. The van der Waals surface area contributed by atoms with E-state index >= 15 is 0 Å². The Kier molecular flexibility index (Phi) is 5.84. The number of aromatic nitrogens is 1. The topological polar surface area (TPSA) is 79.5 Å². The van der Waals surface area contributed by atoms with E-state index in [2.05, 4.69) is 4.98 Å². The molecule has 0 aliphatic heterocycles. The molecule has 0 spiro atoms. The van der Waals surface area contributed by atoms with Crippen molar-refractivity contribution in [2.45, 2.75) is 12.7 Å². The lowest BCUT2D eigenvalue weighted by molar-refractivity contribution is -0.137. The Morgan fingerprint density at radius 1 is 1.13 bits per heavy atom. The third kappa shape index (κ3) is 4.62. The first-order valence-corrected chi connectivity index (χ1v) is 8.81. The van der Waals surface area contributed by atoms with Crippen LogP contribution in [0.5, 0.6) is 0 Å². The highest BCUT2D eigenvalue weighted by molar-refractivity contribution is 6.31. The molecule has 156 valence electrons. The number of carboxylic acid groups (broad SMARTS) is 1. The van der Waals surface area contributed by atoms with E-state index in [9.17, 15) is 27.5 Å². The Hall–Kier alpha value is -3.33. The second-order valence-electron chi connectivity index (χ2n) is 6.31. The van der Waals surface area contributed by atoms with Gasteiger partial charge >= 0.3 is 12.3 Å². The lowest BCUT2D eigenvalue weighted by atomic mass is 10.0. The Labute approximate surface area is 173 Å². The van der Waals surface area contributed by atoms with Gasteiger partial charge < -0.3 is 10.8 Å². The average molecular weight is 440 g/mol. The Bertz CT molecular complexity index is 1090. The monoisotopic (exact) mass is 439 g/mol. The maximum Gasteiger partial charge on any atom is 0.417 e. The molecule has 0 radical (unpaired) electrons. The fourth-order valence-electron chi connectivity index (χ4n) is 2.82. The van der Waals surface area contributed by atoms with Crippen molar-refractivity contribution in [1.82, 2.24) is 4.98 Å². The van der Waals surface area contributed by atoms with Gasteiger partial charge in [-0.05, 0) is 35.4 Å². The smallest absolute Gasteiger partial charge is 0.417 e. The minimum absolute atomic E-state index is 0.122. The van der Waals surface area contributed by atoms with Crippen molar-refractivity contribution in [3.63, 3.8) is 0 Å². The van der Waals surface area contributed by atoms with Gasteiger partial charge in [-0.3, -0.25) is 4.90 Å². The predicted molar refractivity (Wildman–Crippen MR) is 105 cm³/mol. The maximum absolute atomic E-state index is 13.4. The quantitative estimate of drug-likeness (QED) is 0.501. The number of amides is 1. The minimum atomic E-state index is -4.72. The van der Waals surface area contributed by atoms with Gasteiger partial charge in [0.2, 0.25) is 0 Å². The second-order valence-corrected chi connectivity index (χ2v) is 6.72. The summed E-state index contributed by atoms with van der Waals surface area (Å²) in [7, 11) is 0. The lowest BCUT2D eigenvalue weighted by Crippen LogP contribution is -2.28. The molecule has 3 aromatic rings. The van der Waals surface area contributed by atoms with E-state index < -0.39 is 28.7 Å². The molecule has 1 heterocycles. The molecule has 3 N–H and O–H groups in total. The molecule has 0 aliphatic carbocycles. The number of nitrogens with zero attached hydrogens (tertiary/aromatic N) is 2. The maximum atomic E-state index is 13.4. The van der Waals surface area contributed by atoms with Crippen LogP contribution in [-0.4, -0.2) is 16.2 Å². The van der Waals surface area contributed by atoms with Gasteiger partial charge in [0.05, 0.1) is 23.3 Å². The molecule has 3 rings (SSSR count). The van der Waals surface area contributed by atoms with Crippen LogP contribution in [0.1, 0.15) is 11.1 Å². The molecular formula is C20H14ClF4N3O2. The standard InChI is InChI=1S/C20H14ClF4N3O2/c21-17-6-5-14(8-16(17)20(23,24)25)28(19(29)30)10-11-1-3-12(4-2-11)15-7-13(22)9-27-18(15)26/h1-9H,10H2,(H2,26,27)(H,29,30). The van der Waals surface area contributed by atoms with Crippen LogP contribution in [0.4, 0.5) is 33.9 Å². The number of nitrogen functional groups attached to an aromatic ring is 1. The van der Waals surface area contributed by atoms with Crippen molar-refractivity contribution < 1.29 is 27.5 Å². The predicted octanol–water partition coefficient (Wildman–Crippen LogP) is 5.83. The van der Waals surface area contributed by atoms with E-state index in [4.69, 9.17) is 17.3 Å². The molecule has 0 fully saturated rings. The third-order valence-electron chi connectivity index (χ3n) is 4.29. The third-order valence-corrected chi connectivity index (χ3v) is 4.62. The average Bonchev–Trinajstić information content (AvgIpc) is 2.68. The normalized spacial score (nSPS) is 11.4. The lowest BCUT2D eigenvalue weighted by Gasteiger charge is -2.21. The van der Waals surface area contributed by atoms with Gasteiger partial charge in [-0.25, -0.2) is 14.2 Å². The van der Waals surface area contributed by atoms with Crippen LogP contribution < -0.4 is 10.6 Å². The molecule has 5 nitrogen and oxygen atoms in total. The van der Waals surface area contributed by atoms with Crippen LogP contribution in [0, 0.1) is 5.82 Å². The highest BCUT2D eigenvalue weighted by atomic mass is 35.5. The molecule has 0 atom stereocenters. The molecule has 30 heavy (non-hydrogen) atoms. The summed E-state index contributed by atoms with van der Waals surface area (Å²) in [6, 6.07) is 10.4. The summed E-state index contributed by atoms with van der Waals surface area (Å²) in [5.74, 6) is -0.444. The first kappa shape index (κ1) is 21.4. The van der Waals surface area contributed by atoms with Crippen molar-refractivity contribution in [2.24, 2.45) is 0 Å². The second kappa shape index (κ2) is 8.19. The molecule has 0 bridgehead atoms. The highest BCUT2D eigenvalue weighted by Gasteiger charge is 2.34. The fraction of sp³-hybridized carbons (Fsp3) is 0.100. The van der Waals surface area contributed by atoms with Gasteiger partial charge in [0.1, 0.15) is 11.6 Å². The van der Waals surface area contributed by atoms with E-state index in [0.717, 1.165) is 17.2 Å². The summed E-state index contributed by atoms with van der Waals surface area (Å²) in [5.41, 5.74) is 5.85. The van der Waals surface area contributed by atoms with E-state index in [0.29, 0.717) is 22.8 Å². The zero-order valence-corrected chi connectivity index (χ0v) is 15.9. The first-order valence-electron chi connectivity index (χ1n) is 8.44. The summed E-state index contributed by atoms with van der Waals surface area (Å²) in [5, 5.41) is 8.97. The molecule has 2 aromatic carbocycles. The molecular weight excluding hydrogens is 426 g/mol. The summed E-state index contributed by atoms with van der Waals surface area (Å²) in [6.07, 6.45) is -5.18. The van der Waals surface area contributed by atoms with Crippen LogP contribution in [0.15, 0.2) is 54.7 Å². The first-order chi connectivity index (χ1) is 14.1. The van der Waals surface area contributed by atoms with Gasteiger partial charge in [-0.1, -0.05) is 35.9 Å². The van der Waals surface area contributed by atoms with Crippen LogP contribution in [0.3, 0.4) is 0 Å². The fourth-order valence-corrected chi connectivity index (χ4v) is 3.05. The van der Waals surface area contributed by atoms with Gasteiger partial charge in [0, 0.05) is 11.3 Å². The van der Waals surface area contributed by atoms with Crippen molar-refractivity contribution in [3.05, 3.63) is 76.7 Å². The van der Waals surface area contributed by atoms with Crippen molar-refractivity contribution in [1.29, 1.82) is 0 Å². The van der Waals surface area contributed by atoms with Crippen molar-refractivity contribution in [3.8, 4) is 11.1 Å². The summed E-state index contributed by atoms with van der Waals surface area (Å²) >= 11 is 5.60. The Morgan fingerprint density at radius 2 is 1.80 bits per heavy atom. The van der Waals surface area contributed by atoms with Gasteiger partial charge in [0.15, 0.2) is 0 Å². The van der Waals surface area contributed by atoms with E-state index in [1.807, 2.05) is 0 Å². The van der Waals surface area contributed by atoms with E-state index in [1.165, 1.54) is 12.1 Å². The number of hydrogen-bond donors (Lipinski definition) is 2. The number of anilines is 2. The van der Waals surface area contributed by atoms with Gasteiger partial charge in [-0.2, -0.15) is 13.2 Å². The van der Waals surface area contributed by atoms with Crippen LogP contribution in [0.2, 0.25) is 5.02 Å². The number of nitrogens with two attached hydrogens (primary N) is 1. The van der Waals surface area contributed by atoms with Crippen molar-refractivity contribution in [2.75, 3.05) is 10.6 Å². The van der Waals surface area contributed by atoms with E-state index in [1.54, 1.807) is 24.3 Å². The highest BCUT2D eigenvalue weighted by Crippen LogP contribution is 2.37. The van der Waals surface area contributed by atoms with Crippen molar-refractivity contribution >= 4 is 29.2 Å². The number of alkyl halides is 3. The number of hydrogen-bond acceptors (Lipinski definition) is 3. The van der Waals surface area contributed by atoms with Crippen LogP contribution in [0.25, 0.3) is 11.1 Å². The number of carbonyl (C=O) groups is 1. The molecule has 0 saturated heterocycles. The zero-order chi connectivity index (χ0) is 22.1. The molecule has 0 saturated carbocycles. The Morgan fingerprint density at radius 3 is 2.40 bits per heavy atom. The molecule has 1 amide bonds. The summed E-state index contributed by atoms with van der Waals surface area (Å²) in [6.45, 7) is -0.217. The van der Waals surface area contributed by atoms with Gasteiger partial charge in [0.25, 0.3) is 0 Å². The zero-order valence-electron chi connectivity index (χ0n) is 15.1. The summed E-state index contributed by atoms with van der Waals surface area (Å²) < 4.78 is 52.7. The molecule has 0 aliphatic rings. The van der Waals surface area contributed by atoms with Crippen LogP contribution >= 0.6 is 11.6 Å². The Balaban J connectivity index is 1.90. The minimum Gasteiger partial charge on any atom is -0.465 e. The van der Waals surface area contributed by atoms with E-state index in [-0.39, 0.29) is 18.1 Å². The molecule has 0 unspecified atom stereocenters. The number of halogens is 5. The number of rotatable bonds is 4. The SMILES string of the molecule is Nc1ncc(F)cc1-c1ccc(CN(C(=O)O)c2ccc(Cl)c(C(F)(F)F)c2)cc1. The molecule has 1 aromatic heterocycles. The summed E-state index contributed by atoms with van der Waals surface area (Å²) in [4.78, 5) is 16.2. The largest absolute Gasteiger partial charge is 0.465 e. The van der Waals surface area contributed by atoms with Gasteiger partial charge in [-0.15, -0.1) is 0 Å². The molecule has 10 heteroatoms. The van der Waals surface area contributed by atoms with Crippen LogP contribution in [-0.2, 0) is 12.7 Å².